The number of carbonyl (C=O) groups excluding carboxylic acids is 3. The number of hydrogen-bond acceptors (Lipinski definition) is 5. The molecule has 0 saturated carbocycles. The van der Waals surface area contributed by atoms with Crippen LogP contribution in [0.3, 0.4) is 0 Å². The number of carbonyl (C=O) groups is 3. The third-order valence-electron chi connectivity index (χ3n) is 4.64. The zero-order chi connectivity index (χ0) is 17.5. The molecule has 0 fully saturated rings. The molecule has 0 spiro atoms. The monoisotopic (exact) mass is 328 g/mol. The third kappa shape index (κ3) is 2.73. The number of nitrogens with one attached hydrogen (secondary N) is 1. The molecule has 0 aromatic heterocycles. The van der Waals surface area contributed by atoms with Crippen molar-refractivity contribution in [3.63, 3.8) is 0 Å². The van der Waals surface area contributed by atoms with Crippen molar-refractivity contribution in [1.82, 2.24) is 4.90 Å². The first-order valence-electron chi connectivity index (χ1n) is 7.96. The molecule has 0 radical (unpaired) electrons. The molecule has 1 aromatic carbocycles. The Balaban J connectivity index is 1.87. The van der Waals surface area contributed by atoms with E-state index in [9.17, 15) is 14.4 Å². The van der Waals surface area contributed by atoms with Crippen molar-refractivity contribution in [3.8, 4) is 0 Å². The van der Waals surface area contributed by atoms with Crippen LogP contribution in [0.1, 0.15) is 42.6 Å². The lowest BCUT2D eigenvalue weighted by molar-refractivity contribution is -0.137. The van der Waals surface area contributed by atoms with Crippen molar-refractivity contribution in [1.29, 1.82) is 0 Å². The lowest BCUT2D eigenvalue weighted by Gasteiger charge is -2.32. The number of rotatable bonds is 4. The second-order valence-corrected chi connectivity index (χ2v) is 6.77. The third-order valence-corrected chi connectivity index (χ3v) is 4.64. The predicted octanol–water partition coefficient (Wildman–Crippen LogP) is 1.60. The van der Waals surface area contributed by atoms with E-state index in [1.54, 1.807) is 6.07 Å². The fourth-order valence-corrected chi connectivity index (χ4v) is 3.20. The highest BCUT2D eigenvalue weighted by Crippen LogP contribution is 2.37. The van der Waals surface area contributed by atoms with Crippen LogP contribution in [0.5, 0.6) is 0 Å². The Morgan fingerprint density at radius 2 is 2.00 bits per heavy atom. The Morgan fingerprint density at radius 3 is 2.71 bits per heavy atom. The fourth-order valence-electron chi connectivity index (χ4n) is 3.20. The number of benzene rings is 1. The minimum atomic E-state index is -0.474. The number of amides is 2. The smallest absolute Gasteiger partial charge is 0.277 e. The summed E-state index contributed by atoms with van der Waals surface area (Å²) in [5, 5.41) is 11.8. The molecule has 24 heavy (non-hydrogen) atoms. The molecule has 126 valence electrons. The molecule has 0 unspecified atom stereocenters. The molecule has 0 saturated heterocycles. The van der Waals surface area contributed by atoms with Crippen LogP contribution in [-0.2, 0) is 15.0 Å². The van der Waals surface area contributed by atoms with Crippen LogP contribution in [-0.4, -0.2) is 40.8 Å². The normalized spacial score (nSPS) is 19.4. The number of ketones is 1. The van der Waals surface area contributed by atoms with Gasteiger partial charge in [0.15, 0.2) is 5.78 Å². The molecule has 6 heteroatoms. The summed E-state index contributed by atoms with van der Waals surface area (Å²) in [6, 6.07) is 5.46. The lowest BCUT2D eigenvalue weighted by atomic mass is 9.72. The first-order valence-corrected chi connectivity index (χ1v) is 7.96. The van der Waals surface area contributed by atoms with Crippen molar-refractivity contribution in [3.05, 3.63) is 41.1 Å². The maximum atomic E-state index is 12.2. The van der Waals surface area contributed by atoms with E-state index in [1.807, 2.05) is 12.1 Å². The van der Waals surface area contributed by atoms with E-state index in [-0.39, 0.29) is 30.0 Å². The molecule has 0 bridgehead atoms. The topological polar surface area (TPSA) is 86.7 Å². The van der Waals surface area contributed by atoms with Gasteiger partial charge >= 0.3 is 0 Å². The molecule has 2 N–H and O–H groups in total. The molecule has 2 aliphatic rings. The van der Waals surface area contributed by atoms with Crippen molar-refractivity contribution in [2.75, 3.05) is 18.5 Å². The van der Waals surface area contributed by atoms with Gasteiger partial charge in [-0.2, -0.15) is 0 Å². The summed E-state index contributed by atoms with van der Waals surface area (Å²) in [4.78, 5) is 37.1. The van der Waals surface area contributed by atoms with E-state index < -0.39 is 11.8 Å². The molecule has 1 heterocycles. The van der Waals surface area contributed by atoms with Gasteiger partial charge < -0.3 is 10.4 Å². The van der Waals surface area contributed by atoms with Crippen LogP contribution in [0.2, 0.25) is 0 Å². The van der Waals surface area contributed by atoms with E-state index in [4.69, 9.17) is 5.11 Å². The van der Waals surface area contributed by atoms with Crippen molar-refractivity contribution >= 4 is 23.3 Å². The van der Waals surface area contributed by atoms with E-state index in [0.29, 0.717) is 17.7 Å². The quantitative estimate of drug-likeness (QED) is 0.820. The van der Waals surface area contributed by atoms with E-state index in [0.717, 1.165) is 16.9 Å². The van der Waals surface area contributed by atoms with Crippen LogP contribution < -0.4 is 5.32 Å². The van der Waals surface area contributed by atoms with Crippen LogP contribution in [0.4, 0.5) is 5.69 Å². The summed E-state index contributed by atoms with van der Waals surface area (Å²) in [5.74, 6) is -0.831. The summed E-state index contributed by atoms with van der Waals surface area (Å²) < 4.78 is 0. The summed E-state index contributed by atoms with van der Waals surface area (Å²) in [6.45, 7) is 3.91. The zero-order valence-corrected chi connectivity index (χ0v) is 13.8. The first-order chi connectivity index (χ1) is 11.3. The highest BCUT2D eigenvalue weighted by atomic mass is 16.3. The molecular weight excluding hydrogens is 308 g/mol. The maximum Gasteiger partial charge on any atom is 0.277 e. The van der Waals surface area contributed by atoms with Gasteiger partial charge in [-0.25, -0.2) is 0 Å². The summed E-state index contributed by atoms with van der Waals surface area (Å²) in [7, 11) is 0. The Morgan fingerprint density at radius 1 is 1.25 bits per heavy atom. The Labute approximate surface area is 140 Å². The summed E-state index contributed by atoms with van der Waals surface area (Å²) in [6.07, 6.45) is 2.54. The summed E-state index contributed by atoms with van der Waals surface area (Å²) in [5.41, 5.74) is 2.36. The van der Waals surface area contributed by atoms with Gasteiger partial charge in [0.25, 0.3) is 11.8 Å². The van der Waals surface area contributed by atoms with Crippen LogP contribution >= 0.6 is 0 Å². The Hall–Kier alpha value is -2.47. The van der Waals surface area contributed by atoms with E-state index in [2.05, 4.69) is 19.2 Å². The number of Topliss-reactive ketones (excluding diaryl/α,β-unsaturated/α-hetero) is 1. The number of anilines is 1. The van der Waals surface area contributed by atoms with Gasteiger partial charge in [0, 0.05) is 23.7 Å². The molecule has 6 nitrogen and oxygen atoms in total. The summed E-state index contributed by atoms with van der Waals surface area (Å²) >= 11 is 0. The van der Waals surface area contributed by atoms with Crippen LogP contribution in [0.15, 0.2) is 30.0 Å². The molecule has 2 amide bonds. The second-order valence-electron chi connectivity index (χ2n) is 6.77. The molecule has 1 aromatic rings. The zero-order valence-electron chi connectivity index (χ0n) is 13.8. The van der Waals surface area contributed by atoms with E-state index in [1.165, 1.54) is 6.08 Å². The van der Waals surface area contributed by atoms with Crippen LogP contribution in [0, 0.1) is 0 Å². The molecule has 0 atom stereocenters. The number of aliphatic hydroxyl groups excluding tert-OH is 1. The average molecular weight is 328 g/mol. The minimum absolute atomic E-state index is 0.0315. The standard InChI is InChI=1S/C18H20N2O4/c1-18(2)6-5-15(22)12-9-11(3-4-13(12)18)19-14-10-16(23)20(7-8-21)17(14)24/h3-4,9-10,19,21H,5-8H2,1-2H3. The Bertz CT molecular complexity index is 764. The average Bonchev–Trinajstić information content (AvgIpc) is 2.79. The van der Waals surface area contributed by atoms with Gasteiger partial charge in [0.2, 0.25) is 0 Å². The molecule has 1 aliphatic carbocycles. The van der Waals surface area contributed by atoms with Gasteiger partial charge in [-0.1, -0.05) is 19.9 Å². The Kier molecular flexibility index (Phi) is 4.01. The van der Waals surface area contributed by atoms with Gasteiger partial charge in [-0.15, -0.1) is 0 Å². The van der Waals surface area contributed by atoms with Gasteiger partial charge in [-0.3, -0.25) is 19.3 Å². The minimum Gasteiger partial charge on any atom is -0.395 e. The highest BCUT2D eigenvalue weighted by molar-refractivity contribution is 6.17. The molecular formula is C18H20N2O4. The van der Waals surface area contributed by atoms with Crippen molar-refractivity contribution in [2.45, 2.75) is 32.1 Å². The number of β-amino-alcohol motifs (C(OH)–C–C–N with tert-alkyl or cyclic N) is 1. The number of fused-ring (bicyclic) bond motifs is 1. The fraction of sp³-hybridized carbons (Fsp3) is 0.389. The molecule has 1 aliphatic heterocycles. The SMILES string of the molecule is CC1(C)CCC(=O)c2cc(NC3=CC(=O)N(CCO)C3=O)ccc21. The number of aliphatic hydroxyl groups is 1. The second kappa shape index (κ2) is 5.87. The van der Waals surface area contributed by atoms with E-state index >= 15 is 0 Å². The first kappa shape index (κ1) is 16.4. The highest BCUT2D eigenvalue weighted by Gasteiger charge is 2.33. The number of imide groups is 1. The van der Waals surface area contributed by atoms with Crippen molar-refractivity contribution in [2.24, 2.45) is 0 Å². The van der Waals surface area contributed by atoms with Gasteiger partial charge in [0.05, 0.1) is 13.2 Å². The van der Waals surface area contributed by atoms with Gasteiger partial charge in [0.1, 0.15) is 5.70 Å². The number of nitrogens with zero attached hydrogens (tertiary/aromatic N) is 1. The number of hydrogen-bond donors (Lipinski definition) is 2. The molecule has 3 rings (SSSR count). The van der Waals surface area contributed by atoms with Crippen molar-refractivity contribution < 1.29 is 19.5 Å². The lowest BCUT2D eigenvalue weighted by Crippen LogP contribution is -2.34. The largest absolute Gasteiger partial charge is 0.395 e. The maximum absolute atomic E-state index is 12.2. The van der Waals surface area contributed by atoms with Crippen LogP contribution in [0.25, 0.3) is 0 Å². The van der Waals surface area contributed by atoms with Gasteiger partial charge in [-0.05, 0) is 29.5 Å². The predicted molar refractivity (Wildman–Crippen MR) is 88.5 cm³/mol.